The number of aliphatic hydroxyl groups is 1. The summed E-state index contributed by atoms with van der Waals surface area (Å²) in [6.07, 6.45) is -0.229. The third-order valence-electron chi connectivity index (χ3n) is 3.48. The molecule has 1 aliphatic heterocycles. The van der Waals surface area contributed by atoms with Gasteiger partial charge in [0.15, 0.2) is 0 Å². The molecule has 98 valence electrons. The molecular weight excluding hydrogens is 240 g/mol. The molecule has 3 nitrogen and oxygen atoms in total. The van der Waals surface area contributed by atoms with E-state index >= 15 is 0 Å². The molecule has 3 rings (SSSR count). The van der Waals surface area contributed by atoms with Crippen molar-refractivity contribution in [3.63, 3.8) is 0 Å². The van der Waals surface area contributed by atoms with Crippen LogP contribution in [0.5, 0.6) is 11.5 Å². The zero-order valence-electron chi connectivity index (χ0n) is 10.7. The monoisotopic (exact) mass is 256 g/mol. The van der Waals surface area contributed by atoms with Gasteiger partial charge < -0.3 is 14.6 Å². The van der Waals surface area contributed by atoms with Gasteiger partial charge in [-0.2, -0.15) is 0 Å². The Morgan fingerprint density at radius 1 is 1.16 bits per heavy atom. The number of benzene rings is 2. The smallest absolute Gasteiger partial charge is 0.133 e. The zero-order chi connectivity index (χ0) is 13.2. The van der Waals surface area contributed by atoms with Crippen molar-refractivity contribution in [1.29, 1.82) is 0 Å². The standard InChI is InChI=1S/C16H16O3/c1-18-14-9-5-3-7-12(14)16(17)15-10-11-6-2-4-8-13(11)19-15/h2-9,15-17H,10H2,1H3. The van der Waals surface area contributed by atoms with Crippen molar-refractivity contribution < 1.29 is 14.6 Å². The minimum atomic E-state index is -0.691. The van der Waals surface area contributed by atoms with E-state index in [0.717, 1.165) is 23.3 Å². The normalized spacial score (nSPS) is 18.5. The Morgan fingerprint density at radius 2 is 1.89 bits per heavy atom. The Balaban J connectivity index is 1.85. The average molecular weight is 256 g/mol. The van der Waals surface area contributed by atoms with Crippen molar-refractivity contribution in [2.24, 2.45) is 0 Å². The first-order chi connectivity index (χ1) is 9.29. The second-order valence-corrected chi connectivity index (χ2v) is 4.65. The average Bonchev–Trinajstić information content (AvgIpc) is 2.90. The summed E-state index contributed by atoms with van der Waals surface area (Å²) in [6, 6.07) is 15.4. The Hall–Kier alpha value is -2.00. The number of hydrogen-bond acceptors (Lipinski definition) is 3. The molecular formula is C16H16O3. The van der Waals surface area contributed by atoms with Crippen LogP contribution in [0, 0.1) is 0 Å². The number of fused-ring (bicyclic) bond motifs is 1. The van der Waals surface area contributed by atoms with Gasteiger partial charge in [-0.1, -0.05) is 36.4 Å². The molecule has 2 aromatic rings. The molecule has 19 heavy (non-hydrogen) atoms. The van der Waals surface area contributed by atoms with Crippen molar-refractivity contribution in [3.8, 4) is 11.5 Å². The molecule has 0 saturated heterocycles. The van der Waals surface area contributed by atoms with Gasteiger partial charge in [-0.15, -0.1) is 0 Å². The molecule has 2 aromatic carbocycles. The number of ether oxygens (including phenoxy) is 2. The van der Waals surface area contributed by atoms with Crippen LogP contribution in [0.15, 0.2) is 48.5 Å². The fraction of sp³-hybridized carbons (Fsp3) is 0.250. The summed E-state index contributed by atoms with van der Waals surface area (Å²) in [5, 5.41) is 10.5. The summed E-state index contributed by atoms with van der Waals surface area (Å²) in [6.45, 7) is 0. The molecule has 0 aliphatic carbocycles. The molecule has 0 bridgehead atoms. The fourth-order valence-electron chi connectivity index (χ4n) is 2.50. The van der Waals surface area contributed by atoms with Gasteiger partial charge in [0.1, 0.15) is 23.7 Å². The largest absolute Gasteiger partial charge is 0.496 e. The lowest BCUT2D eigenvalue weighted by Gasteiger charge is -2.20. The Bertz CT molecular complexity index is 555. The van der Waals surface area contributed by atoms with Crippen LogP contribution in [-0.2, 0) is 6.42 Å². The number of rotatable bonds is 3. The predicted octanol–water partition coefficient (Wildman–Crippen LogP) is 2.73. The van der Waals surface area contributed by atoms with Gasteiger partial charge in [0.05, 0.1) is 7.11 Å². The van der Waals surface area contributed by atoms with Gasteiger partial charge in [-0.25, -0.2) is 0 Å². The minimum Gasteiger partial charge on any atom is -0.496 e. The molecule has 2 atom stereocenters. The second kappa shape index (κ2) is 4.94. The molecule has 0 saturated carbocycles. The summed E-state index contributed by atoms with van der Waals surface area (Å²) in [5.74, 6) is 1.55. The lowest BCUT2D eigenvalue weighted by Crippen LogP contribution is -2.23. The van der Waals surface area contributed by atoms with Gasteiger partial charge in [-0.3, -0.25) is 0 Å². The van der Waals surface area contributed by atoms with Crippen LogP contribution in [0.4, 0.5) is 0 Å². The van der Waals surface area contributed by atoms with Gasteiger partial charge in [0, 0.05) is 12.0 Å². The van der Waals surface area contributed by atoms with Crippen molar-refractivity contribution in [2.45, 2.75) is 18.6 Å². The van der Waals surface area contributed by atoms with Crippen molar-refractivity contribution >= 4 is 0 Å². The summed E-state index contributed by atoms with van der Waals surface area (Å²) in [5.41, 5.74) is 1.91. The first kappa shape index (κ1) is 12.1. The van der Waals surface area contributed by atoms with Crippen LogP contribution in [0.2, 0.25) is 0 Å². The van der Waals surface area contributed by atoms with Crippen LogP contribution in [0.1, 0.15) is 17.2 Å². The minimum absolute atomic E-state index is 0.256. The highest BCUT2D eigenvalue weighted by Crippen LogP contribution is 2.36. The van der Waals surface area contributed by atoms with E-state index in [4.69, 9.17) is 9.47 Å². The van der Waals surface area contributed by atoms with Crippen LogP contribution >= 0.6 is 0 Å². The molecule has 0 radical (unpaired) electrons. The Morgan fingerprint density at radius 3 is 2.68 bits per heavy atom. The van der Waals surface area contributed by atoms with E-state index in [1.165, 1.54) is 0 Å². The second-order valence-electron chi connectivity index (χ2n) is 4.65. The third-order valence-corrected chi connectivity index (χ3v) is 3.48. The zero-order valence-corrected chi connectivity index (χ0v) is 10.7. The van der Waals surface area contributed by atoms with Gasteiger partial charge >= 0.3 is 0 Å². The predicted molar refractivity (Wildman–Crippen MR) is 72.5 cm³/mol. The topological polar surface area (TPSA) is 38.7 Å². The van der Waals surface area contributed by atoms with E-state index in [-0.39, 0.29) is 6.10 Å². The highest BCUT2D eigenvalue weighted by Gasteiger charge is 2.31. The molecule has 0 aromatic heterocycles. The molecule has 0 fully saturated rings. The summed E-state index contributed by atoms with van der Waals surface area (Å²) in [4.78, 5) is 0. The van der Waals surface area contributed by atoms with Crippen LogP contribution in [-0.4, -0.2) is 18.3 Å². The van der Waals surface area contributed by atoms with Crippen molar-refractivity contribution in [1.82, 2.24) is 0 Å². The van der Waals surface area contributed by atoms with E-state index in [1.807, 2.05) is 48.5 Å². The van der Waals surface area contributed by atoms with Gasteiger partial charge in [0.25, 0.3) is 0 Å². The van der Waals surface area contributed by atoms with Crippen molar-refractivity contribution in [3.05, 3.63) is 59.7 Å². The molecule has 3 heteroatoms. The maximum Gasteiger partial charge on any atom is 0.133 e. The first-order valence-electron chi connectivity index (χ1n) is 6.35. The lowest BCUT2D eigenvalue weighted by atomic mass is 9.99. The number of aliphatic hydroxyl groups excluding tert-OH is 1. The Kier molecular flexibility index (Phi) is 3.13. The van der Waals surface area contributed by atoms with E-state index in [2.05, 4.69) is 0 Å². The Labute approximate surface area is 112 Å². The highest BCUT2D eigenvalue weighted by molar-refractivity contribution is 5.40. The highest BCUT2D eigenvalue weighted by atomic mass is 16.5. The molecule has 1 heterocycles. The van der Waals surface area contributed by atoms with E-state index in [0.29, 0.717) is 5.75 Å². The van der Waals surface area contributed by atoms with Crippen LogP contribution in [0.3, 0.4) is 0 Å². The number of methoxy groups -OCH3 is 1. The van der Waals surface area contributed by atoms with Crippen LogP contribution in [0.25, 0.3) is 0 Å². The van der Waals surface area contributed by atoms with Gasteiger partial charge in [0.2, 0.25) is 0 Å². The molecule has 0 amide bonds. The molecule has 0 spiro atoms. The maximum atomic E-state index is 10.5. The van der Waals surface area contributed by atoms with Crippen molar-refractivity contribution in [2.75, 3.05) is 7.11 Å². The van der Waals surface area contributed by atoms with E-state index in [9.17, 15) is 5.11 Å². The van der Waals surface area contributed by atoms with E-state index < -0.39 is 6.10 Å². The third kappa shape index (κ3) is 2.17. The van der Waals surface area contributed by atoms with Gasteiger partial charge in [-0.05, 0) is 17.7 Å². The quantitative estimate of drug-likeness (QED) is 0.917. The summed E-state index contributed by atoms with van der Waals surface area (Å²) >= 11 is 0. The SMILES string of the molecule is COc1ccccc1C(O)C1Cc2ccccc2O1. The lowest BCUT2D eigenvalue weighted by molar-refractivity contribution is 0.0475. The summed E-state index contributed by atoms with van der Waals surface area (Å²) < 4.78 is 11.1. The van der Waals surface area contributed by atoms with Crippen LogP contribution < -0.4 is 9.47 Å². The molecule has 2 unspecified atom stereocenters. The molecule has 1 N–H and O–H groups in total. The van der Waals surface area contributed by atoms with E-state index in [1.54, 1.807) is 7.11 Å². The molecule has 1 aliphatic rings. The maximum absolute atomic E-state index is 10.5. The summed E-state index contributed by atoms with van der Waals surface area (Å²) in [7, 11) is 1.61. The number of hydrogen-bond donors (Lipinski definition) is 1. The fourth-order valence-corrected chi connectivity index (χ4v) is 2.50. The number of para-hydroxylation sites is 2. The first-order valence-corrected chi connectivity index (χ1v) is 6.35.